The van der Waals surface area contributed by atoms with Crippen molar-refractivity contribution >= 4 is 5.96 Å². The minimum Gasteiger partial charge on any atom is -0.379 e. The van der Waals surface area contributed by atoms with Gasteiger partial charge in [-0.05, 0) is 59.0 Å². The van der Waals surface area contributed by atoms with Crippen molar-refractivity contribution in [1.82, 2.24) is 20.0 Å². The largest absolute Gasteiger partial charge is 0.379 e. The third kappa shape index (κ3) is 6.33. The minimum atomic E-state index is 0.665. The van der Waals surface area contributed by atoms with Crippen LogP contribution >= 0.6 is 0 Å². The van der Waals surface area contributed by atoms with Gasteiger partial charge in [0.25, 0.3) is 0 Å². The maximum Gasteiger partial charge on any atom is 0.193 e. The maximum atomic E-state index is 5.50. The van der Waals surface area contributed by atoms with Gasteiger partial charge in [-0.3, -0.25) is 9.89 Å². The smallest absolute Gasteiger partial charge is 0.193 e. The molecule has 0 aliphatic carbocycles. The van der Waals surface area contributed by atoms with Crippen LogP contribution in [0.2, 0.25) is 0 Å². The number of likely N-dealkylation sites (tertiary alicyclic amines) is 2. The number of aliphatic imine (C=N–C) groups is 1. The maximum absolute atomic E-state index is 5.50. The van der Waals surface area contributed by atoms with E-state index in [1.165, 1.54) is 51.6 Å². The Hall–Kier alpha value is -0.850. The lowest BCUT2D eigenvalue weighted by atomic mass is 10.0. The summed E-state index contributed by atoms with van der Waals surface area (Å²) in [6.07, 6.45) is 7.88. The second kappa shape index (κ2) is 11.2. The van der Waals surface area contributed by atoms with Crippen molar-refractivity contribution in [2.75, 3.05) is 65.6 Å². The third-order valence-electron chi connectivity index (χ3n) is 6.42. The summed E-state index contributed by atoms with van der Waals surface area (Å²) < 4.78 is 5.50. The molecule has 0 radical (unpaired) electrons. The molecule has 0 bridgehead atoms. The van der Waals surface area contributed by atoms with E-state index in [0.717, 1.165) is 64.5 Å². The SMILES string of the molecule is CCNC(=NCCCCN1CCCCC1C)N1CCC(N2CCOCC2)C1. The zero-order chi connectivity index (χ0) is 18.9. The Kier molecular flexibility index (Phi) is 8.68. The van der Waals surface area contributed by atoms with Crippen molar-refractivity contribution in [1.29, 1.82) is 0 Å². The second-order valence-corrected chi connectivity index (χ2v) is 8.36. The van der Waals surface area contributed by atoms with Crippen LogP contribution in [0.25, 0.3) is 0 Å². The summed E-state index contributed by atoms with van der Waals surface area (Å²) in [5, 5.41) is 3.52. The number of unbranched alkanes of at least 4 members (excludes halogenated alkanes) is 1. The van der Waals surface area contributed by atoms with Gasteiger partial charge in [0, 0.05) is 51.4 Å². The molecule has 0 aromatic carbocycles. The molecule has 3 rings (SSSR count). The lowest BCUT2D eigenvalue weighted by molar-refractivity contribution is 0.0195. The Bertz CT molecular complexity index is 452. The van der Waals surface area contributed by atoms with Crippen molar-refractivity contribution < 1.29 is 4.74 Å². The van der Waals surface area contributed by atoms with Gasteiger partial charge in [0.2, 0.25) is 0 Å². The molecule has 3 aliphatic heterocycles. The Balaban J connectivity index is 1.40. The highest BCUT2D eigenvalue weighted by Gasteiger charge is 2.30. The normalized spacial score (nSPS) is 28.7. The van der Waals surface area contributed by atoms with Gasteiger partial charge >= 0.3 is 0 Å². The first kappa shape index (κ1) is 20.9. The average Bonchev–Trinajstić information content (AvgIpc) is 3.19. The molecule has 3 fully saturated rings. The van der Waals surface area contributed by atoms with E-state index in [0.29, 0.717) is 6.04 Å². The lowest BCUT2D eigenvalue weighted by Crippen LogP contribution is -2.46. The summed E-state index contributed by atoms with van der Waals surface area (Å²) >= 11 is 0. The number of ether oxygens (including phenoxy) is 1. The van der Waals surface area contributed by atoms with Gasteiger partial charge in [-0.1, -0.05) is 6.42 Å². The summed E-state index contributed by atoms with van der Waals surface area (Å²) in [5.74, 6) is 1.12. The fourth-order valence-corrected chi connectivity index (χ4v) is 4.70. The molecule has 27 heavy (non-hydrogen) atoms. The monoisotopic (exact) mass is 379 g/mol. The molecule has 3 aliphatic rings. The first-order chi connectivity index (χ1) is 13.3. The van der Waals surface area contributed by atoms with Gasteiger partial charge < -0.3 is 19.9 Å². The van der Waals surface area contributed by atoms with Crippen LogP contribution in [0.4, 0.5) is 0 Å². The highest BCUT2D eigenvalue weighted by atomic mass is 16.5. The van der Waals surface area contributed by atoms with Crippen LogP contribution in [0, 0.1) is 0 Å². The van der Waals surface area contributed by atoms with E-state index >= 15 is 0 Å². The molecule has 1 N–H and O–H groups in total. The Morgan fingerprint density at radius 2 is 1.93 bits per heavy atom. The van der Waals surface area contributed by atoms with Crippen LogP contribution in [0.15, 0.2) is 4.99 Å². The van der Waals surface area contributed by atoms with Crippen molar-refractivity contribution in [3.8, 4) is 0 Å². The van der Waals surface area contributed by atoms with Crippen LogP contribution in [0.3, 0.4) is 0 Å². The van der Waals surface area contributed by atoms with Crippen LogP contribution in [0.5, 0.6) is 0 Å². The fourth-order valence-electron chi connectivity index (χ4n) is 4.70. The molecule has 0 saturated carbocycles. The first-order valence-corrected chi connectivity index (χ1v) is 11.4. The molecule has 2 unspecified atom stereocenters. The van der Waals surface area contributed by atoms with E-state index in [-0.39, 0.29) is 0 Å². The van der Waals surface area contributed by atoms with Crippen molar-refractivity contribution in [3.05, 3.63) is 0 Å². The number of hydrogen-bond acceptors (Lipinski definition) is 4. The molecule has 0 aromatic heterocycles. The Morgan fingerprint density at radius 3 is 2.70 bits per heavy atom. The lowest BCUT2D eigenvalue weighted by Gasteiger charge is -2.33. The number of nitrogens with one attached hydrogen (secondary N) is 1. The fraction of sp³-hybridized carbons (Fsp3) is 0.952. The standard InChI is InChI=1S/C21H41N5O/c1-3-22-21(23-10-5-7-12-24-11-6-4-8-19(24)2)26-13-9-20(18-26)25-14-16-27-17-15-25/h19-20H,3-18H2,1-2H3,(H,22,23). The molecule has 6 nitrogen and oxygen atoms in total. The topological polar surface area (TPSA) is 43.3 Å². The molecule has 0 aromatic rings. The zero-order valence-electron chi connectivity index (χ0n) is 17.7. The molecule has 0 spiro atoms. The summed E-state index contributed by atoms with van der Waals surface area (Å²) in [7, 11) is 0. The molecule has 2 atom stereocenters. The zero-order valence-corrected chi connectivity index (χ0v) is 17.7. The van der Waals surface area contributed by atoms with Gasteiger partial charge in [-0.15, -0.1) is 0 Å². The van der Waals surface area contributed by atoms with Crippen molar-refractivity contribution in [3.63, 3.8) is 0 Å². The number of morpholine rings is 1. The molecule has 0 amide bonds. The second-order valence-electron chi connectivity index (χ2n) is 8.36. The summed E-state index contributed by atoms with van der Waals surface area (Å²) in [6, 6.07) is 1.44. The van der Waals surface area contributed by atoms with Crippen LogP contribution in [0.1, 0.15) is 52.4 Å². The predicted octanol–water partition coefficient (Wildman–Crippen LogP) is 2.01. The van der Waals surface area contributed by atoms with Crippen LogP contribution < -0.4 is 5.32 Å². The van der Waals surface area contributed by atoms with E-state index in [9.17, 15) is 0 Å². The van der Waals surface area contributed by atoms with Gasteiger partial charge in [-0.25, -0.2) is 0 Å². The van der Waals surface area contributed by atoms with E-state index in [4.69, 9.17) is 9.73 Å². The number of guanidine groups is 1. The van der Waals surface area contributed by atoms with Gasteiger partial charge in [0.15, 0.2) is 5.96 Å². The van der Waals surface area contributed by atoms with E-state index in [1.54, 1.807) is 0 Å². The number of rotatable bonds is 7. The van der Waals surface area contributed by atoms with Crippen LogP contribution in [-0.4, -0.2) is 98.3 Å². The molecule has 156 valence electrons. The third-order valence-corrected chi connectivity index (χ3v) is 6.42. The summed E-state index contributed by atoms with van der Waals surface area (Å²) in [5.41, 5.74) is 0. The van der Waals surface area contributed by atoms with E-state index in [2.05, 4.69) is 33.9 Å². The van der Waals surface area contributed by atoms with Crippen LogP contribution in [-0.2, 0) is 4.74 Å². The highest BCUT2D eigenvalue weighted by molar-refractivity contribution is 5.80. The van der Waals surface area contributed by atoms with Crippen molar-refractivity contribution in [2.24, 2.45) is 4.99 Å². The summed E-state index contributed by atoms with van der Waals surface area (Å²) in [4.78, 5) is 12.7. The molecule has 3 heterocycles. The molecule has 6 heteroatoms. The van der Waals surface area contributed by atoms with Gasteiger partial charge in [0.1, 0.15) is 0 Å². The Morgan fingerprint density at radius 1 is 1.07 bits per heavy atom. The predicted molar refractivity (Wildman–Crippen MR) is 112 cm³/mol. The van der Waals surface area contributed by atoms with Crippen molar-refractivity contribution in [2.45, 2.75) is 64.5 Å². The number of hydrogen-bond donors (Lipinski definition) is 1. The molecular formula is C21H41N5O. The number of nitrogens with zero attached hydrogens (tertiary/aromatic N) is 4. The summed E-state index contributed by atoms with van der Waals surface area (Å²) in [6.45, 7) is 15.2. The average molecular weight is 380 g/mol. The number of piperidine rings is 1. The van der Waals surface area contributed by atoms with E-state index < -0.39 is 0 Å². The first-order valence-electron chi connectivity index (χ1n) is 11.4. The molecular weight excluding hydrogens is 338 g/mol. The van der Waals surface area contributed by atoms with Gasteiger partial charge in [0.05, 0.1) is 13.2 Å². The molecule has 3 saturated heterocycles. The Labute approximate surface area is 166 Å². The van der Waals surface area contributed by atoms with Gasteiger partial charge in [-0.2, -0.15) is 0 Å². The quantitative estimate of drug-likeness (QED) is 0.416. The minimum absolute atomic E-state index is 0.665. The highest BCUT2D eigenvalue weighted by Crippen LogP contribution is 2.18. The van der Waals surface area contributed by atoms with E-state index in [1.807, 2.05) is 0 Å².